The summed E-state index contributed by atoms with van der Waals surface area (Å²) >= 11 is 6.23. The number of alkyl halides is 3. The molecule has 12 nitrogen and oxygen atoms in total. The fourth-order valence-electron chi connectivity index (χ4n) is 5.45. The van der Waals surface area contributed by atoms with E-state index in [0.717, 1.165) is 12.2 Å². The number of hydrogen-bond donors (Lipinski definition) is 3. The molecule has 17 heteroatoms. The number of nitrogens with zero attached hydrogens (tertiary/aromatic N) is 3. The minimum absolute atomic E-state index is 0.0150. The minimum Gasteiger partial charge on any atom is -0.444 e. The molecule has 276 valence electrons. The molecule has 1 aromatic heterocycles. The van der Waals surface area contributed by atoms with Crippen LogP contribution in [0.3, 0.4) is 0 Å². The van der Waals surface area contributed by atoms with Crippen LogP contribution in [0.15, 0.2) is 83.1 Å². The summed E-state index contributed by atoms with van der Waals surface area (Å²) in [7, 11) is -3.65. The third kappa shape index (κ3) is 9.67. The van der Waals surface area contributed by atoms with Crippen LogP contribution in [0.4, 0.5) is 41.0 Å². The molecule has 52 heavy (non-hydrogen) atoms. The molecule has 3 N–H and O–H groups in total. The summed E-state index contributed by atoms with van der Waals surface area (Å²) in [5, 5.41) is 7.50. The Hall–Kier alpha value is -4.96. The first-order valence-electron chi connectivity index (χ1n) is 16.2. The molecule has 2 aromatic carbocycles. The average Bonchev–Trinajstić information content (AvgIpc) is 3.09. The number of ether oxygens (including phenoxy) is 1. The van der Waals surface area contributed by atoms with Crippen molar-refractivity contribution in [3.05, 3.63) is 88.7 Å². The SMILES string of the molecule is CC(C)(C)OC(=O)N1CCC(S(=O)(=O)c2ccc(Nc3ncc(NC(=O)c4cc(NC(=O)C5=CC(C(F)(F)F)=CCC5)ccc4Cl)cn3)cc2)CC1. The Morgan fingerprint density at radius 2 is 1.52 bits per heavy atom. The number of carbonyl (C=O) groups is 3. The number of aromatic nitrogens is 2. The Labute approximate surface area is 303 Å². The van der Waals surface area contributed by atoms with E-state index in [9.17, 15) is 36.0 Å². The number of nitrogens with one attached hydrogen (secondary N) is 3. The van der Waals surface area contributed by atoms with Crippen molar-refractivity contribution in [3.8, 4) is 0 Å². The van der Waals surface area contributed by atoms with Gasteiger partial charge in [0, 0.05) is 30.0 Å². The van der Waals surface area contributed by atoms with Crippen LogP contribution in [-0.2, 0) is 19.4 Å². The second-order valence-electron chi connectivity index (χ2n) is 13.1. The molecule has 0 atom stereocenters. The number of rotatable bonds is 8. The van der Waals surface area contributed by atoms with Crippen molar-refractivity contribution in [2.24, 2.45) is 0 Å². The van der Waals surface area contributed by atoms with E-state index in [0.29, 0.717) is 5.69 Å². The highest BCUT2D eigenvalue weighted by molar-refractivity contribution is 7.92. The number of halogens is 4. The van der Waals surface area contributed by atoms with E-state index in [1.54, 1.807) is 32.9 Å². The third-order valence-corrected chi connectivity index (χ3v) is 10.7. The zero-order valence-corrected chi connectivity index (χ0v) is 30.0. The van der Waals surface area contributed by atoms with Gasteiger partial charge in [-0.2, -0.15) is 13.2 Å². The van der Waals surface area contributed by atoms with Crippen molar-refractivity contribution in [3.63, 3.8) is 0 Å². The van der Waals surface area contributed by atoms with Crippen molar-refractivity contribution in [2.45, 2.75) is 68.4 Å². The van der Waals surface area contributed by atoms with Gasteiger partial charge in [0.15, 0.2) is 9.84 Å². The molecule has 1 aliphatic carbocycles. The normalized spacial score (nSPS) is 15.6. The zero-order valence-electron chi connectivity index (χ0n) is 28.4. The van der Waals surface area contributed by atoms with E-state index in [1.165, 1.54) is 47.6 Å². The van der Waals surface area contributed by atoms with Gasteiger partial charge in [-0.1, -0.05) is 17.7 Å². The van der Waals surface area contributed by atoms with E-state index < -0.39 is 50.3 Å². The number of hydrogen-bond acceptors (Lipinski definition) is 9. The van der Waals surface area contributed by atoms with Crippen LogP contribution < -0.4 is 16.0 Å². The number of allylic oxidation sites excluding steroid dienone is 3. The fraction of sp³-hybridized carbons (Fsp3) is 0.343. The average molecular weight is 761 g/mol. The summed E-state index contributed by atoms with van der Waals surface area (Å²) in [6.07, 6.45) is 0.241. The molecule has 0 spiro atoms. The highest BCUT2D eigenvalue weighted by atomic mass is 35.5. The number of sulfone groups is 1. The van der Waals surface area contributed by atoms with E-state index in [4.69, 9.17) is 16.3 Å². The molecule has 0 saturated carbocycles. The standard InChI is InChI=1S/C35H36ClF3N6O6S/c1-34(2,3)51-33(48)45-15-13-27(14-16-45)52(49,50)26-10-7-23(8-11-26)44-32-40-19-25(20-41-32)43-31(47)28-18-24(9-12-29(28)36)42-30(46)21-5-4-6-22(17-21)35(37,38)39/h6-12,17-20,27H,4-5,13-16H2,1-3H3,(H,42,46)(H,43,47)(H,40,41,44). The molecule has 0 unspecified atom stereocenters. The Morgan fingerprint density at radius 3 is 2.13 bits per heavy atom. The number of anilines is 4. The van der Waals surface area contributed by atoms with Gasteiger partial charge in [0.05, 0.1) is 44.4 Å². The highest BCUT2D eigenvalue weighted by Gasteiger charge is 2.35. The summed E-state index contributed by atoms with van der Waals surface area (Å²) in [4.78, 5) is 48.1. The molecule has 2 aliphatic rings. The molecular weight excluding hydrogens is 725 g/mol. The smallest absolute Gasteiger partial charge is 0.416 e. The molecule has 1 saturated heterocycles. The van der Waals surface area contributed by atoms with Crippen LogP contribution in [0.5, 0.6) is 0 Å². The second-order valence-corrected chi connectivity index (χ2v) is 15.8. The zero-order chi connectivity index (χ0) is 37.8. The molecule has 1 fully saturated rings. The van der Waals surface area contributed by atoms with Crippen LogP contribution in [0.1, 0.15) is 56.8 Å². The number of likely N-dealkylation sites (tertiary alicyclic amines) is 1. The predicted molar refractivity (Wildman–Crippen MR) is 189 cm³/mol. The van der Waals surface area contributed by atoms with Crippen LogP contribution in [-0.4, -0.2) is 71.3 Å². The summed E-state index contributed by atoms with van der Waals surface area (Å²) in [6.45, 7) is 5.87. The van der Waals surface area contributed by atoms with Crippen LogP contribution in [0.25, 0.3) is 0 Å². The lowest BCUT2D eigenvalue weighted by molar-refractivity contribution is -0.113. The van der Waals surface area contributed by atoms with Gasteiger partial charge in [-0.15, -0.1) is 0 Å². The molecular formula is C35H36ClF3N6O6S. The number of piperidine rings is 1. The molecule has 3 amide bonds. The maximum absolute atomic E-state index is 13.3. The van der Waals surface area contributed by atoms with E-state index >= 15 is 0 Å². The van der Waals surface area contributed by atoms with Crippen LogP contribution in [0, 0.1) is 0 Å². The number of amides is 3. The molecule has 3 aromatic rings. The quantitative estimate of drug-likeness (QED) is 0.212. The topological polar surface area (TPSA) is 160 Å². The molecule has 0 radical (unpaired) electrons. The predicted octanol–water partition coefficient (Wildman–Crippen LogP) is 7.45. The first kappa shape index (κ1) is 38.3. The summed E-state index contributed by atoms with van der Waals surface area (Å²) in [5.74, 6) is -1.22. The number of benzene rings is 2. The van der Waals surface area contributed by atoms with Gasteiger partial charge in [-0.05, 0) is 95.0 Å². The van der Waals surface area contributed by atoms with Crippen molar-refractivity contribution in [1.82, 2.24) is 14.9 Å². The Kier molecular flexibility index (Phi) is 11.3. The van der Waals surface area contributed by atoms with Crippen molar-refractivity contribution in [1.29, 1.82) is 0 Å². The van der Waals surface area contributed by atoms with Gasteiger partial charge < -0.3 is 25.6 Å². The van der Waals surface area contributed by atoms with Gasteiger partial charge in [0.25, 0.3) is 11.8 Å². The maximum atomic E-state index is 13.3. The van der Waals surface area contributed by atoms with Crippen molar-refractivity contribution >= 4 is 62.4 Å². The molecule has 0 bridgehead atoms. The lowest BCUT2D eigenvalue weighted by Crippen LogP contribution is -2.44. The fourth-order valence-corrected chi connectivity index (χ4v) is 7.38. The van der Waals surface area contributed by atoms with Gasteiger partial charge in [0.1, 0.15) is 5.60 Å². The first-order chi connectivity index (χ1) is 24.4. The Bertz CT molecular complexity index is 2010. The van der Waals surface area contributed by atoms with E-state index in [-0.39, 0.29) is 77.2 Å². The molecule has 1 aliphatic heterocycles. The van der Waals surface area contributed by atoms with Gasteiger partial charge >= 0.3 is 12.3 Å². The maximum Gasteiger partial charge on any atom is 0.416 e. The summed E-state index contributed by atoms with van der Waals surface area (Å²) in [5.41, 5.74) is -0.719. The molecule has 2 heterocycles. The van der Waals surface area contributed by atoms with Crippen LogP contribution >= 0.6 is 11.6 Å². The van der Waals surface area contributed by atoms with Gasteiger partial charge in [-0.25, -0.2) is 23.2 Å². The van der Waals surface area contributed by atoms with Gasteiger partial charge in [-0.3, -0.25) is 9.59 Å². The van der Waals surface area contributed by atoms with Crippen LogP contribution in [0.2, 0.25) is 5.02 Å². The number of carbonyl (C=O) groups excluding carboxylic acids is 3. The van der Waals surface area contributed by atoms with E-state index in [2.05, 4.69) is 25.9 Å². The lowest BCUT2D eigenvalue weighted by Gasteiger charge is -2.33. The highest BCUT2D eigenvalue weighted by Crippen LogP contribution is 2.32. The second kappa shape index (κ2) is 15.3. The van der Waals surface area contributed by atoms with Crippen molar-refractivity contribution < 1.29 is 40.7 Å². The Morgan fingerprint density at radius 1 is 0.904 bits per heavy atom. The Balaban J connectivity index is 1.15. The lowest BCUT2D eigenvalue weighted by atomic mass is 9.98. The monoisotopic (exact) mass is 760 g/mol. The minimum atomic E-state index is -4.57. The van der Waals surface area contributed by atoms with Crippen molar-refractivity contribution in [2.75, 3.05) is 29.0 Å². The molecule has 5 rings (SSSR count). The van der Waals surface area contributed by atoms with Gasteiger partial charge in [0.2, 0.25) is 5.95 Å². The first-order valence-corrected chi connectivity index (χ1v) is 18.1. The largest absolute Gasteiger partial charge is 0.444 e. The van der Waals surface area contributed by atoms with E-state index in [1.807, 2.05) is 0 Å². The third-order valence-electron chi connectivity index (χ3n) is 8.08. The summed E-state index contributed by atoms with van der Waals surface area (Å²) in [6, 6.07) is 10.2. The summed E-state index contributed by atoms with van der Waals surface area (Å²) < 4.78 is 71.3.